The van der Waals surface area contributed by atoms with Crippen molar-refractivity contribution in [3.05, 3.63) is 23.8 Å². The Balaban J connectivity index is 4.18. The van der Waals surface area contributed by atoms with E-state index in [-0.39, 0.29) is 5.57 Å². The first-order valence-electron chi connectivity index (χ1n) is 8.12. The number of nitrogens with two attached hydrogens (primary N) is 1. The van der Waals surface area contributed by atoms with Gasteiger partial charge in [-0.15, -0.1) is 0 Å². The number of hydrogen-bond acceptors (Lipinski definition) is 4. The molecule has 0 amide bonds. The molecule has 0 fully saturated rings. The monoisotopic (exact) mass is 326 g/mol. The van der Waals surface area contributed by atoms with Crippen LogP contribution in [0.2, 0.25) is 0 Å². The number of unbranched alkanes of at least 4 members (excludes halogenated alkanes) is 4. The van der Waals surface area contributed by atoms with E-state index in [0.717, 1.165) is 51.6 Å². The first kappa shape index (κ1) is 21.3. The normalized spacial score (nSPS) is 11.7. The second kappa shape index (κ2) is 12.8. The second-order valence-electron chi connectivity index (χ2n) is 5.72. The lowest BCUT2D eigenvalue weighted by Crippen LogP contribution is -2.30. The van der Waals surface area contributed by atoms with Crippen LogP contribution in [-0.2, 0) is 9.59 Å². The number of allylic oxidation sites excluding steroid dienone is 1. The molecular weight excluding hydrogens is 296 g/mol. The van der Waals surface area contributed by atoms with Crippen LogP contribution in [0.25, 0.3) is 0 Å². The Morgan fingerprint density at radius 1 is 1.04 bits per heavy atom. The number of rotatable bonds is 14. The van der Waals surface area contributed by atoms with Crippen LogP contribution in [0.15, 0.2) is 23.8 Å². The number of carboxylic acids is 2. The maximum atomic E-state index is 10.9. The minimum atomic E-state index is -0.961. The molecule has 0 aliphatic heterocycles. The fraction of sp³-hybridized carbons (Fsp3) is 0.647. The number of carboxylic acid groups (broad SMARTS) is 2. The van der Waals surface area contributed by atoms with Crippen LogP contribution < -0.4 is 5.73 Å². The van der Waals surface area contributed by atoms with Crippen LogP contribution in [-0.4, -0.2) is 53.2 Å². The smallest absolute Gasteiger partial charge is 0.332 e. The zero-order chi connectivity index (χ0) is 17.7. The average molecular weight is 326 g/mol. The molecule has 0 rings (SSSR count). The third-order valence-corrected chi connectivity index (χ3v) is 3.61. The third-order valence-electron chi connectivity index (χ3n) is 3.61. The molecule has 0 bridgehead atoms. The van der Waals surface area contributed by atoms with Gasteiger partial charge in [-0.3, -0.25) is 4.90 Å². The molecule has 132 valence electrons. The molecule has 0 heterocycles. The molecule has 23 heavy (non-hydrogen) atoms. The fourth-order valence-corrected chi connectivity index (χ4v) is 2.15. The largest absolute Gasteiger partial charge is 0.478 e. The fourth-order valence-electron chi connectivity index (χ4n) is 2.15. The summed E-state index contributed by atoms with van der Waals surface area (Å²) in [6.07, 6.45) is 7.22. The lowest BCUT2D eigenvalue weighted by Gasteiger charge is -2.22. The minimum absolute atomic E-state index is 0.199. The SMILES string of the molecule is C=C(CN(CCCCC=C(C)C(=O)O)CCCCCN)C(=O)O. The van der Waals surface area contributed by atoms with Crippen molar-refractivity contribution in [2.24, 2.45) is 5.73 Å². The molecule has 4 N–H and O–H groups in total. The van der Waals surface area contributed by atoms with Gasteiger partial charge in [0.2, 0.25) is 0 Å². The summed E-state index contributed by atoms with van der Waals surface area (Å²) in [6.45, 7) is 7.83. The van der Waals surface area contributed by atoms with Crippen LogP contribution in [0, 0.1) is 0 Å². The van der Waals surface area contributed by atoms with Gasteiger partial charge in [0, 0.05) is 17.7 Å². The van der Waals surface area contributed by atoms with Gasteiger partial charge in [0.15, 0.2) is 0 Å². The summed E-state index contributed by atoms with van der Waals surface area (Å²) in [5.41, 5.74) is 6.04. The lowest BCUT2D eigenvalue weighted by molar-refractivity contribution is -0.133. The maximum absolute atomic E-state index is 10.9. The van der Waals surface area contributed by atoms with E-state index in [1.165, 1.54) is 0 Å². The van der Waals surface area contributed by atoms with E-state index < -0.39 is 11.9 Å². The lowest BCUT2D eigenvalue weighted by atomic mass is 10.1. The summed E-state index contributed by atoms with van der Waals surface area (Å²) in [4.78, 5) is 23.7. The summed E-state index contributed by atoms with van der Waals surface area (Å²) in [5, 5.41) is 17.7. The van der Waals surface area contributed by atoms with E-state index in [2.05, 4.69) is 11.5 Å². The van der Waals surface area contributed by atoms with Crippen molar-refractivity contribution in [2.45, 2.75) is 45.4 Å². The van der Waals surface area contributed by atoms with Gasteiger partial charge in [0.25, 0.3) is 0 Å². The molecule has 6 nitrogen and oxygen atoms in total. The van der Waals surface area contributed by atoms with Crippen LogP contribution in [0.4, 0.5) is 0 Å². The van der Waals surface area contributed by atoms with Crippen LogP contribution in [0.1, 0.15) is 45.4 Å². The van der Waals surface area contributed by atoms with Crippen molar-refractivity contribution in [1.29, 1.82) is 0 Å². The predicted molar refractivity (Wildman–Crippen MR) is 91.4 cm³/mol. The van der Waals surface area contributed by atoms with Crippen molar-refractivity contribution in [1.82, 2.24) is 4.90 Å². The molecule has 0 unspecified atom stereocenters. The summed E-state index contributed by atoms with van der Waals surface area (Å²) in [6, 6.07) is 0. The molecule has 0 aromatic rings. The highest BCUT2D eigenvalue weighted by Crippen LogP contribution is 2.07. The Morgan fingerprint density at radius 3 is 2.17 bits per heavy atom. The molecular formula is C17H30N2O4. The van der Waals surface area contributed by atoms with Crippen molar-refractivity contribution in [3.63, 3.8) is 0 Å². The Kier molecular flexibility index (Phi) is 11.9. The molecule has 0 saturated heterocycles. The predicted octanol–water partition coefficient (Wildman–Crippen LogP) is 2.26. The second-order valence-corrected chi connectivity index (χ2v) is 5.72. The van der Waals surface area contributed by atoms with Crippen molar-refractivity contribution in [2.75, 3.05) is 26.2 Å². The molecule has 0 radical (unpaired) electrons. The average Bonchev–Trinajstić information content (AvgIpc) is 2.50. The van der Waals surface area contributed by atoms with Gasteiger partial charge in [0.05, 0.1) is 0 Å². The van der Waals surface area contributed by atoms with E-state index in [4.69, 9.17) is 15.9 Å². The van der Waals surface area contributed by atoms with Gasteiger partial charge in [-0.05, 0) is 58.7 Å². The van der Waals surface area contributed by atoms with Gasteiger partial charge in [-0.25, -0.2) is 9.59 Å². The Labute approximate surface area is 138 Å². The standard InChI is InChI=1S/C17H30N2O4/c1-14(16(20)21)9-5-3-7-11-19(12-8-4-6-10-18)13-15(2)17(22)23/h9H,2-8,10-13,18H2,1H3,(H,20,21)(H,22,23). The number of nitrogens with zero attached hydrogens (tertiary/aromatic N) is 1. The Morgan fingerprint density at radius 2 is 1.65 bits per heavy atom. The third kappa shape index (κ3) is 11.5. The molecule has 0 aliphatic carbocycles. The number of hydrogen-bond donors (Lipinski definition) is 3. The Hall–Kier alpha value is -1.66. The zero-order valence-electron chi connectivity index (χ0n) is 14.1. The highest BCUT2D eigenvalue weighted by Gasteiger charge is 2.11. The van der Waals surface area contributed by atoms with Crippen molar-refractivity contribution < 1.29 is 19.8 Å². The van der Waals surface area contributed by atoms with Crippen LogP contribution in [0.3, 0.4) is 0 Å². The van der Waals surface area contributed by atoms with E-state index in [9.17, 15) is 9.59 Å². The Bertz CT molecular complexity index is 419. The van der Waals surface area contributed by atoms with E-state index in [0.29, 0.717) is 18.7 Å². The van der Waals surface area contributed by atoms with Gasteiger partial charge < -0.3 is 15.9 Å². The summed E-state index contributed by atoms with van der Waals surface area (Å²) in [5.74, 6) is -1.85. The molecule has 6 heteroatoms. The van der Waals surface area contributed by atoms with E-state index >= 15 is 0 Å². The molecule has 0 atom stereocenters. The highest BCUT2D eigenvalue weighted by molar-refractivity contribution is 5.86. The van der Waals surface area contributed by atoms with Crippen molar-refractivity contribution >= 4 is 11.9 Å². The summed E-state index contributed by atoms with van der Waals surface area (Å²) in [7, 11) is 0. The summed E-state index contributed by atoms with van der Waals surface area (Å²) >= 11 is 0. The highest BCUT2D eigenvalue weighted by atomic mass is 16.4. The maximum Gasteiger partial charge on any atom is 0.332 e. The van der Waals surface area contributed by atoms with Crippen LogP contribution in [0.5, 0.6) is 0 Å². The minimum Gasteiger partial charge on any atom is -0.478 e. The molecule has 0 saturated carbocycles. The zero-order valence-corrected chi connectivity index (χ0v) is 14.1. The van der Waals surface area contributed by atoms with E-state index in [1.54, 1.807) is 13.0 Å². The van der Waals surface area contributed by atoms with Crippen molar-refractivity contribution in [3.8, 4) is 0 Å². The van der Waals surface area contributed by atoms with Gasteiger partial charge in [0.1, 0.15) is 0 Å². The first-order chi connectivity index (χ1) is 10.9. The summed E-state index contributed by atoms with van der Waals surface area (Å²) < 4.78 is 0. The van der Waals surface area contributed by atoms with Gasteiger partial charge in [-0.2, -0.15) is 0 Å². The quantitative estimate of drug-likeness (QED) is 0.334. The van der Waals surface area contributed by atoms with Gasteiger partial charge >= 0.3 is 11.9 Å². The first-order valence-corrected chi connectivity index (χ1v) is 8.12. The van der Waals surface area contributed by atoms with Crippen LogP contribution >= 0.6 is 0 Å². The molecule has 0 aromatic heterocycles. The topological polar surface area (TPSA) is 104 Å². The number of aliphatic carboxylic acids is 2. The molecule has 0 spiro atoms. The van der Waals surface area contributed by atoms with E-state index in [1.807, 2.05) is 0 Å². The molecule has 0 aliphatic rings. The van der Waals surface area contributed by atoms with Gasteiger partial charge in [-0.1, -0.05) is 19.1 Å². The number of carbonyl (C=O) groups is 2. The molecule has 0 aromatic carbocycles.